The van der Waals surface area contributed by atoms with E-state index in [-0.39, 0.29) is 34.0 Å². The smallest absolute Gasteiger partial charge is 0.194 e. The minimum absolute atomic E-state index is 0.136. The van der Waals surface area contributed by atoms with Crippen LogP contribution in [0.15, 0.2) is 30.3 Å². The van der Waals surface area contributed by atoms with E-state index in [2.05, 4.69) is 0 Å². The third-order valence-corrected chi connectivity index (χ3v) is 3.41. The molecule has 0 amide bonds. The molecule has 1 aliphatic carbocycles. The van der Waals surface area contributed by atoms with E-state index >= 15 is 0 Å². The van der Waals surface area contributed by atoms with Crippen LogP contribution in [0.2, 0.25) is 0 Å². The van der Waals surface area contributed by atoms with Crippen LogP contribution in [-0.4, -0.2) is 21.8 Å². The molecule has 0 unspecified atom stereocenters. The van der Waals surface area contributed by atoms with Gasteiger partial charge in [0.1, 0.15) is 0 Å². The van der Waals surface area contributed by atoms with Gasteiger partial charge in [0.05, 0.1) is 0 Å². The van der Waals surface area contributed by atoms with E-state index in [9.17, 15) is 19.8 Å². The molecule has 0 aliphatic heterocycles. The Hall–Kier alpha value is -2.62. The summed E-state index contributed by atoms with van der Waals surface area (Å²) in [6, 6.07) is 7.68. The Balaban J connectivity index is 2.40. The van der Waals surface area contributed by atoms with Crippen LogP contribution >= 0.6 is 0 Å². The number of hydrogen-bond donors (Lipinski definition) is 2. The third kappa shape index (κ3) is 1.40. The summed E-state index contributed by atoms with van der Waals surface area (Å²) in [7, 11) is 0. The zero-order chi connectivity index (χ0) is 13.7. The number of carbonyl (C=O) groups excluding carboxylic acids is 2. The fourth-order valence-corrected chi connectivity index (χ4v) is 2.42. The number of phenolic OH excluding ortho intramolecular Hbond substituents is 2. The maximum absolute atomic E-state index is 12.4. The second kappa shape index (κ2) is 3.68. The van der Waals surface area contributed by atoms with Gasteiger partial charge in [-0.3, -0.25) is 9.59 Å². The molecule has 0 atom stereocenters. The molecule has 3 rings (SSSR count). The SMILES string of the molecule is Cc1c(O)c(O)cc2c1C(=O)c1ccccc1C2=O. The normalized spacial score (nSPS) is 13.1. The van der Waals surface area contributed by atoms with E-state index in [0.717, 1.165) is 6.07 Å². The monoisotopic (exact) mass is 254 g/mol. The van der Waals surface area contributed by atoms with Crippen molar-refractivity contribution < 1.29 is 19.8 Å². The first kappa shape index (κ1) is 11.5. The molecule has 0 aromatic heterocycles. The predicted octanol–water partition coefficient (Wildman–Crippen LogP) is 2.18. The Bertz CT molecular complexity index is 744. The van der Waals surface area contributed by atoms with Gasteiger partial charge in [0, 0.05) is 27.8 Å². The van der Waals surface area contributed by atoms with Crippen molar-refractivity contribution in [1.82, 2.24) is 0 Å². The van der Waals surface area contributed by atoms with Gasteiger partial charge in [0.25, 0.3) is 0 Å². The Morgan fingerprint density at radius 2 is 1.47 bits per heavy atom. The third-order valence-electron chi connectivity index (χ3n) is 3.41. The summed E-state index contributed by atoms with van der Waals surface area (Å²) in [6.45, 7) is 1.51. The molecule has 0 fully saturated rings. The maximum atomic E-state index is 12.4. The molecule has 0 saturated carbocycles. The summed E-state index contributed by atoms with van der Waals surface area (Å²) in [5.74, 6) is -1.38. The lowest BCUT2D eigenvalue weighted by atomic mass is 9.81. The number of carbonyl (C=O) groups is 2. The Morgan fingerprint density at radius 3 is 2.11 bits per heavy atom. The maximum Gasteiger partial charge on any atom is 0.194 e. The number of hydrogen-bond acceptors (Lipinski definition) is 4. The molecule has 19 heavy (non-hydrogen) atoms. The van der Waals surface area contributed by atoms with Gasteiger partial charge >= 0.3 is 0 Å². The van der Waals surface area contributed by atoms with Crippen LogP contribution in [0.3, 0.4) is 0 Å². The molecule has 0 heterocycles. The first-order valence-corrected chi connectivity index (χ1v) is 5.76. The van der Waals surface area contributed by atoms with E-state index < -0.39 is 5.75 Å². The lowest BCUT2D eigenvalue weighted by Crippen LogP contribution is -2.21. The molecule has 0 bridgehead atoms. The van der Waals surface area contributed by atoms with Crippen LogP contribution < -0.4 is 0 Å². The van der Waals surface area contributed by atoms with Gasteiger partial charge in [-0.2, -0.15) is 0 Å². The Morgan fingerprint density at radius 1 is 0.895 bits per heavy atom. The van der Waals surface area contributed by atoms with Gasteiger partial charge < -0.3 is 10.2 Å². The number of aromatic hydroxyl groups is 2. The molecule has 0 radical (unpaired) electrons. The lowest BCUT2D eigenvalue weighted by Gasteiger charge is -2.20. The number of fused-ring (bicyclic) bond motifs is 2. The first-order chi connectivity index (χ1) is 9.02. The molecule has 94 valence electrons. The largest absolute Gasteiger partial charge is 0.504 e. The molecule has 2 aromatic rings. The van der Waals surface area contributed by atoms with E-state index in [1.54, 1.807) is 24.3 Å². The average molecular weight is 254 g/mol. The van der Waals surface area contributed by atoms with Gasteiger partial charge in [0.15, 0.2) is 23.1 Å². The molecule has 2 aromatic carbocycles. The molecule has 4 nitrogen and oxygen atoms in total. The van der Waals surface area contributed by atoms with Crippen molar-refractivity contribution in [2.75, 3.05) is 0 Å². The van der Waals surface area contributed by atoms with Crippen LogP contribution in [0.25, 0.3) is 0 Å². The summed E-state index contributed by atoms with van der Waals surface area (Å²) in [5, 5.41) is 19.3. The zero-order valence-electron chi connectivity index (χ0n) is 10.1. The molecule has 1 aliphatic rings. The highest BCUT2D eigenvalue weighted by atomic mass is 16.3. The molecule has 2 N–H and O–H groups in total. The van der Waals surface area contributed by atoms with E-state index in [1.165, 1.54) is 6.92 Å². The fraction of sp³-hybridized carbons (Fsp3) is 0.0667. The van der Waals surface area contributed by atoms with Crippen molar-refractivity contribution in [2.45, 2.75) is 6.92 Å². The van der Waals surface area contributed by atoms with Crippen LogP contribution in [0.5, 0.6) is 11.5 Å². The summed E-state index contributed by atoms with van der Waals surface area (Å²) in [6.07, 6.45) is 0. The van der Waals surface area contributed by atoms with Crippen molar-refractivity contribution in [3.63, 3.8) is 0 Å². The van der Waals surface area contributed by atoms with Crippen molar-refractivity contribution >= 4 is 11.6 Å². The highest BCUT2D eigenvalue weighted by molar-refractivity contribution is 6.29. The fourth-order valence-electron chi connectivity index (χ4n) is 2.42. The molecular weight excluding hydrogens is 244 g/mol. The Kier molecular flexibility index (Phi) is 2.22. The summed E-state index contributed by atoms with van der Waals surface area (Å²) >= 11 is 0. The van der Waals surface area contributed by atoms with Crippen LogP contribution in [0.4, 0.5) is 0 Å². The first-order valence-electron chi connectivity index (χ1n) is 5.76. The molecule has 0 saturated heterocycles. The predicted molar refractivity (Wildman–Crippen MR) is 67.8 cm³/mol. The summed E-state index contributed by atoms with van der Waals surface area (Å²) in [5.41, 5.74) is 1.18. The minimum Gasteiger partial charge on any atom is -0.504 e. The van der Waals surface area contributed by atoms with Gasteiger partial charge in [0.2, 0.25) is 0 Å². The summed E-state index contributed by atoms with van der Waals surface area (Å²) < 4.78 is 0. The second-order valence-electron chi connectivity index (χ2n) is 4.50. The molecular formula is C15H10O4. The standard InChI is InChI=1S/C15H10O4/c1-7-12-10(6-11(16)13(7)17)14(18)8-4-2-3-5-9(8)15(12)19/h2-6,16-17H,1H3. The van der Waals surface area contributed by atoms with Crippen LogP contribution in [-0.2, 0) is 0 Å². The van der Waals surface area contributed by atoms with Crippen LogP contribution in [0, 0.1) is 6.92 Å². The van der Waals surface area contributed by atoms with E-state index in [4.69, 9.17) is 0 Å². The zero-order valence-corrected chi connectivity index (χ0v) is 10.1. The highest BCUT2D eigenvalue weighted by Gasteiger charge is 2.32. The van der Waals surface area contributed by atoms with Gasteiger partial charge in [-0.25, -0.2) is 0 Å². The van der Waals surface area contributed by atoms with E-state index in [0.29, 0.717) is 11.1 Å². The highest BCUT2D eigenvalue weighted by Crippen LogP contribution is 2.38. The van der Waals surface area contributed by atoms with Crippen molar-refractivity contribution in [3.05, 3.63) is 58.1 Å². The number of benzene rings is 2. The van der Waals surface area contributed by atoms with Gasteiger partial charge in [-0.1, -0.05) is 24.3 Å². The topological polar surface area (TPSA) is 74.6 Å². The number of phenols is 2. The average Bonchev–Trinajstić information content (AvgIpc) is 2.42. The Labute approximate surface area is 108 Å². The van der Waals surface area contributed by atoms with Gasteiger partial charge in [-0.05, 0) is 13.0 Å². The van der Waals surface area contributed by atoms with Crippen molar-refractivity contribution in [2.24, 2.45) is 0 Å². The quantitative estimate of drug-likeness (QED) is 0.603. The van der Waals surface area contributed by atoms with E-state index in [1.807, 2.05) is 0 Å². The van der Waals surface area contributed by atoms with Crippen molar-refractivity contribution in [1.29, 1.82) is 0 Å². The molecule has 4 heteroatoms. The number of rotatable bonds is 0. The lowest BCUT2D eigenvalue weighted by molar-refractivity contribution is 0.0978. The van der Waals surface area contributed by atoms with Crippen LogP contribution in [0.1, 0.15) is 37.4 Å². The van der Waals surface area contributed by atoms with Crippen molar-refractivity contribution in [3.8, 4) is 11.5 Å². The summed E-state index contributed by atoms with van der Waals surface area (Å²) in [4.78, 5) is 24.7. The molecule has 0 spiro atoms. The second-order valence-corrected chi connectivity index (χ2v) is 4.50. The number of ketones is 2. The van der Waals surface area contributed by atoms with Gasteiger partial charge in [-0.15, -0.1) is 0 Å². The minimum atomic E-state index is -0.392.